The van der Waals surface area contributed by atoms with Crippen LogP contribution in [0.15, 0.2) is 28.7 Å². The second-order valence-corrected chi connectivity index (χ2v) is 5.16. The minimum Gasteiger partial charge on any atom is -0.459 e. The zero-order valence-electron chi connectivity index (χ0n) is 10.2. The molecule has 0 radical (unpaired) electrons. The Hall–Kier alpha value is -1.32. The number of hydrogen-bond acceptors (Lipinski definition) is 3. The summed E-state index contributed by atoms with van der Waals surface area (Å²) in [5.41, 5.74) is 5.05. The summed E-state index contributed by atoms with van der Waals surface area (Å²) in [5, 5.41) is 1.16. The SMILES string of the molecule is Cc1cccc2cc(C(NN)C3CC3C)oc12. The number of nitrogens with two attached hydrogens (primary N) is 1. The first-order valence-electron chi connectivity index (χ1n) is 6.16. The summed E-state index contributed by atoms with van der Waals surface area (Å²) in [6.07, 6.45) is 1.23. The molecular formula is C14H18N2O. The normalized spacial score (nSPS) is 25.1. The first kappa shape index (κ1) is 10.8. The van der Waals surface area contributed by atoms with Crippen LogP contribution in [-0.2, 0) is 0 Å². The molecule has 90 valence electrons. The smallest absolute Gasteiger partial charge is 0.137 e. The number of fused-ring (bicyclic) bond motifs is 1. The standard InChI is InChI=1S/C14H18N2O/c1-8-4-3-5-10-7-12(17-14(8)10)13(16-15)11-6-9(11)2/h3-5,7,9,11,13,16H,6,15H2,1-2H3. The van der Waals surface area contributed by atoms with Gasteiger partial charge in [-0.25, -0.2) is 5.43 Å². The number of rotatable bonds is 3. The van der Waals surface area contributed by atoms with Crippen LogP contribution in [0.2, 0.25) is 0 Å². The predicted molar refractivity (Wildman–Crippen MR) is 68.3 cm³/mol. The maximum Gasteiger partial charge on any atom is 0.137 e. The van der Waals surface area contributed by atoms with E-state index in [1.807, 2.05) is 0 Å². The summed E-state index contributed by atoms with van der Waals surface area (Å²) < 4.78 is 5.96. The lowest BCUT2D eigenvalue weighted by Crippen LogP contribution is -2.29. The van der Waals surface area contributed by atoms with Crippen LogP contribution in [0, 0.1) is 18.8 Å². The molecule has 0 spiro atoms. The Morgan fingerprint density at radius 2 is 2.24 bits per heavy atom. The van der Waals surface area contributed by atoms with Gasteiger partial charge in [-0.05, 0) is 36.8 Å². The molecule has 3 nitrogen and oxygen atoms in total. The van der Waals surface area contributed by atoms with Crippen LogP contribution in [0.3, 0.4) is 0 Å². The van der Waals surface area contributed by atoms with Gasteiger partial charge in [0.2, 0.25) is 0 Å². The van der Waals surface area contributed by atoms with E-state index >= 15 is 0 Å². The molecule has 3 heteroatoms. The number of furan rings is 1. The van der Waals surface area contributed by atoms with Gasteiger partial charge in [0.05, 0.1) is 6.04 Å². The van der Waals surface area contributed by atoms with E-state index in [0.29, 0.717) is 5.92 Å². The zero-order valence-corrected chi connectivity index (χ0v) is 10.2. The second-order valence-electron chi connectivity index (χ2n) is 5.16. The van der Waals surface area contributed by atoms with Crippen molar-refractivity contribution >= 4 is 11.0 Å². The molecule has 17 heavy (non-hydrogen) atoms. The van der Waals surface area contributed by atoms with Crippen LogP contribution in [0.4, 0.5) is 0 Å². The van der Waals surface area contributed by atoms with Gasteiger partial charge in [-0.15, -0.1) is 0 Å². The Balaban J connectivity index is 2.02. The van der Waals surface area contributed by atoms with Crippen molar-refractivity contribution < 1.29 is 4.42 Å². The Kier molecular flexibility index (Phi) is 2.45. The Bertz CT molecular complexity index is 546. The molecular weight excluding hydrogens is 212 g/mol. The predicted octanol–water partition coefficient (Wildman–Crippen LogP) is 2.90. The number of hydrazine groups is 1. The lowest BCUT2D eigenvalue weighted by Gasteiger charge is -2.12. The molecule has 0 amide bonds. The fourth-order valence-corrected chi connectivity index (χ4v) is 2.61. The molecule has 1 aromatic carbocycles. The topological polar surface area (TPSA) is 51.2 Å². The van der Waals surface area contributed by atoms with E-state index in [2.05, 4.69) is 43.5 Å². The van der Waals surface area contributed by atoms with Crippen molar-refractivity contribution in [1.29, 1.82) is 0 Å². The fourth-order valence-electron chi connectivity index (χ4n) is 2.61. The van der Waals surface area contributed by atoms with E-state index in [-0.39, 0.29) is 6.04 Å². The third-order valence-electron chi connectivity index (χ3n) is 3.85. The number of nitrogens with one attached hydrogen (secondary N) is 1. The van der Waals surface area contributed by atoms with Crippen LogP contribution in [0.25, 0.3) is 11.0 Å². The highest BCUT2D eigenvalue weighted by Gasteiger charge is 2.41. The molecule has 0 bridgehead atoms. The number of benzene rings is 1. The lowest BCUT2D eigenvalue weighted by molar-refractivity contribution is 0.391. The number of para-hydroxylation sites is 1. The van der Waals surface area contributed by atoms with Gasteiger partial charge in [0.15, 0.2) is 0 Å². The van der Waals surface area contributed by atoms with E-state index in [4.69, 9.17) is 10.3 Å². The van der Waals surface area contributed by atoms with Crippen molar-refractivity contribution in [3.8, 4) is 0 Å². The van der Waals surface area contributed by atoms with Gasteiger partial charge in [0.25, 0.3) is 0 Å². The number of hydrogen-bond donors (Lipinski definition) is 2. The van der Waals surface area contributed by atoms with Crippen LogP contribution in [-0.4, -0.2) is 0 Å². The summed E-state index contributed by atoms with van der Waals surface area (Å²) in [5.74, 6) is 7.97. The average Bonchev–Trinajstić information content (AvgIpc) is 2.87. The van der Waals surface area contributed by atoms with Crippen molar-refractivity contribution in [3.63, 3.8) is 0 Å². The maximum absolute atomic E-state index is 5.96. The summed E-state index contributed by atoms with van der Waals surface area (Å²) in [6.45, 7) is 4.32. The fraction of sp³-hybridized carbons (Fsp3) is 0.429. The zero-order chi connectivity index (χ0) is 12.0. The molecule has 1 aliphatic carbocycles. The van der Waals surface area contributed by atoms with E-state index in [0.717, 1.165) is 22.6 Å². The monoisotopic (exact) mass is 230 g/mol. The van der Waals surface area contributed by atoms with E-state index in [9.17, 15) is 0 Å². The molecule has 0 aliphatic heterocycles. The molecule has 3 rings (SSSR count). The molecule has 1 aliphatic rings. The Morgan fingerprint density at radius 1 is 1.47 bits per heavy atom. The van der Waals surface area contributed by atoms with Crippen LogP contribution >= 0.6 is 0 Å². The summed E-state index contributed by atoms with van der Waals surface area (Å²) in [4.78, 5) is 0. The number of aryl methyl sites for hydroxylation is 1. The van der Waals surface area contributed by atoms with E-state index in [1.54, 1.807) is 0 Å². The first-order chi connectivity index (χ1) is 8.20. The minimum atomic E-state index is 0.150. The van der Waals surface area contributed by atoms with Crippen molar-refractivity contribution in [2.24, 2.45) is 17.7 Å². The van der Waals surface area contributed by atoms with Gasteiger partial charge >= 0.3 is 0 Å². The highest BCUT2D eigenvalue weighted by molar-refractivity contribution is 5.81. The highest BCUT2D eigenvalue weighted by Crippen LogP contribution is 2.47. The van der Waals surface area contributed by atoms with Gasteiger partial charge in [0.1, 0.15) is 11.3 Å². The Labute approximate surface area is 101 Å². The molecule has 1 fully saturated rings. The van der Waals surface area contributed by atoms with Crippen molar-refractivity contribution in [3.05, 3.63) is 35.6 Å². The van der Waals surface area contributed by atoms with Gasteiger partial charge < -0.3 is 4.42 Å². The van der Waals surface area contributed by atoms with Crippen molar-refractivity contribution in [2.75, 3.05) is 0 Å². The van der Waals surface area contributed by atoms with Gasteiger partial charge in [-0.3, -0.25) is 5.84 Å². The van der Waals surface area contributed by atoms with Gasteiger partial charge in [-0.1, -0.05) is 25.1 Å². The molecule has 3 unspecified atom stereocenters. The summed E-state index contributed by atoms with van der Waals surface area (Å²) in [7, 11) is 0. The average molecular weight is 230 g/mol. The highest BCUT2D eigenvalue weighted by atomic mass is 16.3. The third kappa shape index (κ3) is 1.75. The molecule has 2 aromatic rings. The molecule has 3 N–H and O–H groups in total. The largest absolute Gasteiger partial charge is 0.459 e. The van der Waals surface area contributed by atoms with Crippen LogP contribution < -0.4 is 11.3 Å². The summed E-state index contributed by atoms with van der Waals surface area (Å²) in [6, 6.07) is 8.47. The molecule has 3 atom stereocenters. The Morgan fingerprint density at radius 3 is 2.82 bits per heavy atom. The quantitative estimate of drug-likeness (QED) is 0.629. The minimum absolute atomic E-state index is 0.150. The van der Waals surface area contributed by atoms with E-state index in [1.165, 1.54) is 12.0 Å². The third-order valence-corrected chi connectivity index (χ3v) is 3.85. The summed E-state index contributed by atoms with van der Waals surface area (Å²) >= 11 is 0. The van der Waals surface area contributed by atoms with Gasteiger partial charge in [0, 0.05) is 5.39 Å². The molecule has 1 heterocycles. The molecule has 0 saturated heterocycles. The lowest BCUT2D eigenvalue weighted by atomic mass is 10.1. The van der Waals surface area contributed by atoms with Gasteiger partial charge in [-0.2, -0.15) is 0 Å². The van der Waals surface area contributed by atoms with Crippen molar-refractivity contribution in [2.45, 2.75) is 26.3 Å². The van der Waals surface area contributed by atoms with Crippen molar-refractivity contribution in [1.82, 2.24) is 5.43 Å². The first-order valence-corrected chi connectivity index (χ1v) is 6.16. The second kappa shape index (κ2) is 3.86. The maximum atomic E-state index is 5.96. The molecule has 1 saturated carbocycles. The van der Waals surface area contributed by atoms with Crippen LogP contribution in [0.1, 0.15) is 30.7 Å². The van der Waals surface area contributed by atoms with Crippen LogP contribution in [0.5, 0.6) is 0 Å². The molecule has 1 aromatic heterocycles. The van der Waals surface area contributed by atoms with E-state index < -0.39 is 0 Å².